The molecule has 0 saturated heterocycles. The average Bonchev–Trinajstić information content (AvgIpc) is 1.78. The van der Waals surface area contributed by atoms with Gasteiger partial charge in [0.05, 0.1) is 0 Å². The molecule has 0 aliphatic rings. The monoisotopic (exact) mass is 322 g/mol. The molecule has 0 aliphatic heterocycles. The molecular formula is C4H8Cl6Si2. The topological polar surface area (TPSA) is 0 Å². The van der Waals surface area contributed by atoms with Crippen LogP contribution in [-0.2, 0) is 0 Å². The first kappa shape index (κ1) is 14.2. The maximum Gasteiger partial charge on any atom is 0.341 e. The Morgan fingerprint density at radius 1 is 0.917 bits per heavy atom. The molecule has 0 aromatic rings. The molecule has 0 aliphatic carbocycles. The Balaban J connectivity index is 3.86. The van der Waals surface area contributed by atoms with Gasteiger partial charge in [-0.1, -0.05) is 0 Å². The fourth-order valence-electron chi connectivity index (χ4n) is 0.707. The minimum Gasteiger partial charge on any atom is -0.146 e. The Bertz CT molecular complexity index is 132. The van der Waals surface area contributed by atoms with Gasteiger partial charge in [0.2, 0.25) is 0 Å². The second-order valence-electron chi connectivity index (χ2n) is 2.44. The van der Waals surface area contributed by atoms with Gasteiger partial charge in [-0.25, -0.2) is 0 Å². The van der Waals surface area contributed by atoms with Crippen molar-refractivity contribution >= 4 is 79.7 Å². The molecule has 0 atom stereocenters. The van der Waals surface area contributed by atoms with E-state index in [-0.39, 0.29) is 0 Å². The summed E-state index contributed by atoms with van der Waals surface area (Å²) in [5.74, 6) is 0.551. The molecule has 0 bridgehead atoms. The first-order valence-electron chi connectivity index (χ1n) is 3.27. The number of rotatable bonds is 5. The van der Waals surface area contributed by atoms with Crippen LogP contribution >= 0.6 is 67.0 Å². The van der Waals surface area contributed by atoms with Gasteiger partial charge in [0.1, 0.15) is 0 Å². The van der Waals surface area contributed by atoms with E-state index in [9.17, 15) is 0 Å². The zero-order valence-corrected chi connectivity index (χ0v) is 12.6. The van der Waals surface area contributed by atoms with E-state index in [4.69, 9.17) is 67.0 Å². The first-order chi connectivity index (χ1) is 5.27. The molecule has 0 radical (unpaired) electrons. The zero-order chi connectivity index (χ0) is 9.83. The Hall–Kier alpha value is 2.17. The van der Waals surface area contributed by atoms with Crippen LogP contribution in [0.5, 0.6) is 0 Å². The molecule has 0 heterocycles. The molecule has 0 unspecified atom stereocenters. The highest BCUT2D eigenvalue weighted by Gasteiger charge is 2.40. The Labute approximate surface area is 103 Å². The maximum atomic E-state index is 6.03. The average molecular weight is 325 g/mol. The lowest BCUT2D eigenvalue weighted by atomic mass is 10.6. The summed E-state index contributed by atoms with van der Waals surface area (Å²) in [6.07, 6.45) is 0.788. The van der Waals surface area contributed by atoms with Crippen molar-refractivity contribution in [2.45, 2.75) is 18.1 Å². The first-order valence-corrected chi connectivity index (χ1v) is 13.5. The Morgan fingerprint density at radius 3 is 1.75 bits per heavy atom. The second-order valence-corrected chi connectivity index (χ2v) is 20.1. The largest absolute Gasteiger partial charge is 0.341 e. The summed E-state index contributed by atoms with van der Waals surface area (Å²) < 4.78 is 0. The molecule has 74 valence electrons. The third-order valence-electron chi connectivity index (χ3n) is 1.14. The van der Waals surface area contributed by atoms with E-state index in [2.05, 4.69) is 0 Å². The summed E-state index contributed by atoms with van der Waals surface area (Å²) in [5, 5.41) is 0. The lowest BCUT2D eigenvalue weighted by molar-refractivity contribution is 1.07. The normalized spacial score (nSPS) is 13.5. The molecule has 0 saturated carbocycles. The minimum atomic E-state index is -2.67. The lowest BCUT2D eigenvalue weighted by Gasteiger charge is -2.18. The molecule has 0 aromatic heterocycles. The summed E-state index contributed by atoms with van der Waals surface area (Å²) in [6.45, 7) is -2.33. The highest BCUT2D eigenvalue weighted by molar-refractivity contribution is 7.69. The summed E-state index contributed by atoms with van der Waals surface area (Å²) in [7, 11) is 0. The number of hydrogen-bond donors (Lipinski definition) is 0. The lowest BCUT2D eigenvalue weighted by Crippen LogP contribution is -2.28. The van der Waals surface area contributed by atoms with Crippen molar-refractivity contribution < 1.29 is 0 Å². The summed E-state index contributed by atoms with van der Waals surface area (Å²) in [4.78, 5) is 0. The van der Waals surface area contributed by atoms with Gasteiger partial charge in [0.15, 0.2) is 0 Å². The summed E-state index contributed by atoms with van der Waals surface area (Å²) in [6, 6.07) is -1.98. The third-order valence-corrected chi connectivity index (χ3v) is 13.3. The zero-order valence-electron chi connectivity index (χ0n) is 6.10. The van der Waals surface area contributed by atoms with Crippen molar-refractivity contribution in [3.63, 3.8) is 0 Å². The Kier molecular flexibility index (Phi) is 6.98. The molecule has 8 heteroatoms. The SMILES string of the molecule is ClCCC[Si](Cl)(Cl)C[Si](Cl)(Cl)Cl. The van der Waals surface area contributed by atoms with Gasteiger partial charge in [-0.2, -0.15) is 0 Å². The van der Waals surface area contributed by atoms with Gasteiger partial charge in [-0.05, 0) is 12.5 Å². The van der Waals surface area contributed by atoms with E-state index in [1.54, 1.807) is 0 Å². The van der Waals surface area contributed by atoms with Gasteiger partial charge in [0.25, 0.3) is 6.69 Å². The molecule has 0 rings (SSSR count). The molecule has 0 N–H and O–H groups in total. The summed E-state index contributed by atoms with van der Waals surface area (Å²) >= 11 is 34.6. The van der Waals surface area contributed by atoms with Gasteiger partial charge < -0.3 is 0 Å². The van der Waals surface area contributed by atoms with Crippen LogP contribution < -0.4 is 0 Å². The molecule has 12 heavy (non-hydrogen) atoms. The van der Waals surface area contributed by atoms with Crippen LogP contribution in [0.4, 0.5) is 0 Å². The van der Waals surface area contributed by atoms with E-state index in [0.717, 1.165) is 6.42 Å². The van der Waals surface area contributed by atoms with Gasteiger partial charge in [-0.15, -0.1) is 67.0 Å². The Morgan fingerprint density at radius 2 is 1.42 bits per heavy atom. The smallest absolute Gasteiger partial charge is 0.146 e. The van der Waals surface area contributed by atoms with E-state index >= 15 is 0 Å². The van der Waals surface area contributed by atoms with Crippen molar-refractivity contribution in [3.05, 3.63) is 0 Å². The van der Waals surface area contributed by atoms with Crippen LogP contribution in [0.25, 0.3) is 0 Å². The van der Waals surface area contributed by atoms with Crippen LogP contribution in [0, 0.1) is 0 Å². The van der Waals surface area contributed by atoms with Crippen molar-refractivity contribution in [2.24, 2.45) is 0 Å². The number of hydrogen-bond acceptors (Lipinski definition) is 0. The fraction of sp³-hybridized carbons (Fsp3) is 1.00. The highest BCUT2D eigenvalue weighted by Crippen LogP contribution is 2.37. The molecule has 0 fully saturated rings. The van der Waals surface area contributed by atoms with Crippen LogP contribution in [-0.4, -0.2) is 18.6 Å². The molecule has 0 spiro atoms. The number of alkyl halides is 1. The van der Waals surface area contributed by atoms with Crippen molar-refractivity contribution in [2.75, 3.05) is 5.88 Å². The quantitative estimate of drug-likeness (QED) is 0.389. The van der Waals surface area contributed by atoms with Crippen molar-refractivity contribution in [3.8, 4) is 0 Å². The van der Waals surface area contributed by atoms with Crippen LogP contribution in [0.3, 0.4) is 0 Å². The number of halogens is 6. The van der Waals surface area contributed by atoms with Crippen LogP contribution in [0.15, 0.2) is 0 Å². The molecule has 0 nitrogen and oxygen atoms in total. The fourth-order valence-corrected chi connectivity index (χ4v) is 19.1. The van der Waals surface area contributed by atoms with Crippen LogP contribution in [0.2, 0.25) is 11.7 Å². The highest BCUT2D eigenvalue weighted by atomic mass is 35.8. The van der Waals surface area contributed by atoms with E-state index in [1.807, 2.05) is 0 Å². The minimum absolute atomic E-state index is 0.380. The molecular weight excluding hydrogens is 317 g/mol. The molecule has 0 amide bonds. The predicted molar refractivity (Wildman–Crippen MR) is 65.7 cm³/mol. The van der Waals surface area contributed by atoms with Crippen molar-refractivity contribution in [1.29, 1.82) is 0 Å². The van der Waals surface area contributed by atoms with Gasteiger partial charge >= 0.3 is 6.00 Å². The summed E-state index contributed by atoms with van der Waals surface area (Å²) in [5.41, 5.74) is 0.380. The predicted octanol–water partition coefficient (Wildman–Crippen LogP) is 4.73. The standard InChI is InChI=1S/C4H8Cl6Si2/c5-2-1-3-11(6,7)4-12(8,9)10/h1-4H2. The third kappa shape index (κ3) is 8.76. The van der Waals surface area contributed by atoms with E-state index in [1.165, 1.54) is 0 Å². The van der Waals surface area contributed by atoms with E-state index in [0.29, 0.717) is 17.6 Å². The van der Waals surface area contributed by atoms with Crippen LogP contribution in [0.1, 0.15) is 6.42 Å². The van der Waals surface area contributed by atoms with E-state index < -0.39 is 12.7 Å². The second kappa shape index (κ2) is 5.91. The molecule has 0 aromatic carbocycles. The van der Waals surface area contributed by atoms with Gasteiger partial charge in [0, 0.05) is 11.5 Å². The van der Waals surface area contributed by atoms with Gasteiger partial charge in [-0.3, -0.25) is 0 Å². The maximum absolute atomic E-state index is 6.03. The van der Waals surface area contributed by atoms with Crippen molar-refractivity contribution in [1.82, 2.24) is 0 Å².